The highest BCUT2D eigenvalue weighted by Crippen LogP contribution is 2.29. The molecular weight excluding hydrogens is 567 g/mol. The molecule has 4 aromatic carbocycles. The van der Waals surface area contributed by atoms with Gasteiger partial charge in [-0.05, 0) is 72.1 Å². The highest BCUT2D eigenvalue weighted by atomic mass is 32.2. The molecule has 0 saturated carbocycles. The van der Waals surface area contributed by atoms with Gasteiger partial charge in [0.05, 0.1) is 23.3 Å². The number of alkyl halides is 3. The van der Waals surface area contributed by atoms with E-state index < -0.39 is 27.7 Å². The van der Waals surface area contributed by atoms with E-state index in [1.807, 2.05) is 30.3 Å². The van der Waals surface area contributed by atoms with E-state index in [2.05, 4.69) is 10.5 Å². The molecule has 0 fully saturated rings. The van der Waals surface area contributed by atoms with E-state index >= 15 is 0 Å². The zero-order chi connectivity index (χ0) is 30.3. The summed E-state index contributed by atoms with van der Waals surface area (Å²) in [6.07, 6.45) is -4.49. The van der Waals surface area contributed by atoms with Gasteiger partial charge in [0.25, 0.3) is 5.91 Å². The molecule has 42 heavy (non-hydrogen) atoms. The van der Waals surface area contributed by atoms with Crippen molar-refractivity contribution in [2.45, 2.75) is 31.1 Å². The summed E-state index contributed by atoms with van der Waals surface area (Å²) < 4.78 is 72.7. The summed E-state index contributed by atoms with van der Waals surface area (Å²) in [5.41, 5.74) is 3.65. The topological polar surface area (TPSA) is 88.1 Å². The standard InChI is InChI=1S/C31H28F3N3O4S/c1-22(26-9-6-10-27(19-26)31(32,33)34)35-36-30(38)25-13-11-24(12-14-25)21-37(20-23-7-4-3-5-8-23)42(39,40)29-17-15-28(41-2)16-18-29/h3-19H,20-21H2,1-2H3,(H,36,38)/b35-22+. The van der Waals surface area contributed by atoms with E-state index in [9.17, 15) is 26.4 Å². The van der Waals surface area contributed by atoms with Gasteiger partial charge in [-0.3, -0.25) is 4.79 Å². The predicted molar refractivity (Wildman–Crippen MR) is 153 cm³/mol. The van der Waals surface area contributed by atoms with Crippen molar-refractivity contribution in [2.75, 3.05) is 7.11 Å². The molecule has 0 aliphatic carbocycles. The molecular formula is C31H28F3N3O4S. The molecule has 0 aliphatic heterocycles. The first-order chi connectivity index (χ1) is 20.0. The van der Waals surface area contributed by atoms with Gasteiger partial charge in [-0.1, -0.05) is 54.6 Å². The lowest BCUT2D eigenvalue weighted by Gasteiger charge is -2.23. The SMILES string of the molecule is COc1ccc(S(=O)(=O)N(Cc2ccccc2)Cc2ccc(C(=O)N/N=C(\C)c3cccc(C(F)(F)F)c3)cc2)cc1. The number of hydrogen-bond acceptors (Lipinski definition) is 5. The number of carbonyl (C=O) groups is 1. The van der Waals surface area contributed by atoms with Crippen LogP contribution in [0.4, 0.5) is 13.2 Å². The predicted octanol–water partition coefficient (Wildman–Crippen LogP) is 6.26. The Hall–Kier alpha value is -4.48. The van der Waals surface area contributed by atoms with E-state index in [0.29, 0.717) is 11.3 Å². The Labute approximate surface area is 242 Å². The van der Waals surface area contributed by atoms with E-state index in [0.717, 1.165) is 17.7 Å². The molecule has 218 valence electrons. The van der Waals surface area contributed by atoms with Gasteiger partial charge in [-0.25, -0.2) is 13.8 Å². The Morgan fingerprint density at radius 1 is 0.833 bits per heavy atom. The number of amides is 1. The first-order valence-electron chi connectivity index (χ1n) is 12.8. The van der Waals surface area contributed by atoms with Gasteiger partial charge in [0.15, 0.2) is 0 Å². The van der Waals surface area contributed by atoms with Crippen LogP contribution < -0.4 is 10.2 Å². The first kappa shape index (κ1) is 30.5. The highest BCUT2D eigenvalue weighted by molar-refractivity contribution is 7.89. The number of hydrazone groups is 1. The Morgan fingerprint density at radius 3 is 2.05 bits per heavy atom. The van der Waals surface area contributed by atoms with Gasteiger partial charge in [0.2, 0.25) is 10.0 Å². The Bertz CT molecular complexity index is 1660. The Kier molecular flexibility index (Phi) is 9.44. The number of hydrogen-bond donors (Lipinski definition) is 1. The molecule has 0 aromatic heterocycles. The number of nitrogens with one attached hydrogen (secondary N) is 1. The fourth-order valence-electron chi connectivity index (χ4n) is 4.06. The fraction of sp³-hybridized carbons (Fsp3) is 0.161. The molecule has 0 spiro atoms. The Morgan fingerprint density at radius 2 is 1.45 bits per heavy atom. The second kappa shape index (κ2) is 13.0. The van der Waals surface area contributed by atoms with Crippen molar-refractivity contribution in [2.24, 2.45) is 5.10 Å². The van der Waals surface area contributed by atoms with Crippen LogP contribution in [0.3, 0.4) is 0 Å². The lowest BCUT2D eigenvalue weighted by atomic mass is 10.1. The number of ether oxygens (including phenoxy) is 1. The third-order valence-electron chi connectivity index (χ3n) is 6.41. The van der Waals surface area contributed by atoms with Crippen LogP contribution >= 0.6 is 0 Å². The molecule has 7 nitrogen and oxygen atoms in total. The third-order valence-corrected chi connectivity index (χ3v) is 8.21. The summed E-state index contributed by atoms with van der Waals surface area (Å²) in [6.45, 7) is 1.66. The van der Waals surface area contributed by atoms with Gasteiger partial charge in [-0.15, -0.1) is 0 Å². The fourth-order valence-corrected chi connectivity index (χ4v) is 5.48. The van der Waals surface area contributed by atoms with Crippen molar-refractivity contribution < 1.29 is 31.1 Å². The minimum atomic E-state index is -4.49. The zero-order valence-electron chi connectivity index (χ0n) is 22.8. The van der Waals surface area contributed by atoms with Crippen molar-refractivity contribution in [1.82, 2.24) is 9.73 Å². The van der Waals surface area contributed by atoms with Crippen LogP contribution in [-0.4, -0.2) is 31.5 Å². The second-order valence-electron chi connectivity index (χ2n) is 9.35. The van der Waals surface area contributed by atoms with E-state index in [1.54, 1.807) is 24.3 Å². The van der Waals surface area contributed by atoms with Crippen LogP contribution in [0.5, 0.6) is 5.75 Å². The summed E-state index contributed by atoms with van der Waals surface area (Å²) in [4.78, 5) is 12.8. The average molecular weight is 596 g/mol. The van der Waals surface area contributed by atoms with Crippen LogP contribution in [0.2, 0.25) is 0 Å². The van der Waals surface area contributed by atoms with Crippen LogP contribution in [-0.2, 0) is 29.3 Å². The lowest BCUT2D eigenvalue weighted by Crippen LogP contribution is -2.30. The number of halogens is 3. The molecule has 0 unspecified atom stereocenters. The van der Waals surface area contributed by atoms with Crippen molar-refractivity contribution in [3.63, 3.8) is 0 Å². The molecule has 1 N–H and O–H groups in total. The zero-order valence-corrected chi connectivity index (χ0v) is 23.6. The van der Waals surface area contributed by atoms with Crippen molar-refractivity contribution >= 4 is 21.6 Å². The molecule has 0 saturated heterocycles. The molecule has 11 heteroatoms. The van der Waals surface area contributed by atoms with Gasteiger partial charge < -0.3 is 4.74 Å². The monoisotopic (exact) mass is 595 g/mol. The lowest BCUT2D eigenvalue weighted by molar-refractivity contribution is -0.137. The van der Waals surface area contributed by atoms with Crippen LogP contribution in [0.1, 0.15) is 39.5 Å². The summed E-state index contributed by atoms with van der Waals surface area (Å²) in [5, 5.41) is 3.94. The van der Waals surface area contributed by atoms with E-state index in [4.69, 9.17) is 4.74 Å². The van der Waals surface area contributed by atoms with Crippen molar-refractivity contribution in [1.29, 1.82) is 0 Å². The molecule has 0 radical (unpaired) electrons. The van der Waals surface area contributed by atoms with Crippen LogP contribution in [0, 0.1) is 0 Å². The average Bonchev–Trinajstić information content (AvgIpc) is 3.00. The minimum absolute atomic E-state index is 0.0396. The largest absolute Gasteiger partial charge is 0.497 e. The number of benzene rings is 4. The number of nitrogens with zero attached hydrogens (tertiary/aromatic N) is 2. The molecule has 0 bridgehead atoms. The maximum atomic E-state index is 13.6. The van der Waals surface area contributed by atoms with Gasteiger partial charge in [0, 0.05) is 18.7 Å². The molecule has 4 aromatic rings. The number of sulfonamides is 1. The minimum Gasteiger partial charge on any atom is -0.497 e. The molecule has 0 aliphatic rings. The maximum Gasteiger partial charge on any atom is 0.416 e. The first-order valence-corrected chi connectivity index (χ1v) is 14.2. The van der Waals surface area contributed by atoms with Gasteiger partial charge in [0.1, 0.15) is 5.75 Å². The van der Waals surface area contributed by atoms with E-state index in [1.165, 1.54) is 54.7 Å². The molecule has 0 atom stereocenters. The Balaban J connectivity index is 1.50. The molecule has 1 amide bonds. The second-order valence-corrected chi connectivity index (χ2v) is 11.3. The summed E-state index contributed by atoms with van der Waals surface area (Å²) in [6, 6.07) is 26.3. The molecule has 0 heterocycles. The summed E-state index contributed by atoms with van der Waals surface area (Å²) in [5.74, 6) is -0.0355. The number of carbonyl (C=O) groups excluding carboxylic acids is 1. The smallest absolute Gasteiger partial charge is 0.416 e. The maximum absolute atomic E-state index is 13.6. The normalized spacial score (nSPS) is 12.3. The van der Waals surface area contributed by atoms with Crippen molar-refractivity contribution in [3.05, 3.63) is 131 Å². The van der Waals surface area contributed by atoms with Gasteiger partial charge >= 0.3 is 6.18 Å². The van der Waals surface area contributed by atoms with Crippen LogP contribution in [0.25, 0.3) is 0 Å². The van der Waals surface area contributed by atoms with Crippen molar-refractivity contribution in [3.8, 4) is 5.75 Å². The van der Waals surface area contributed by atoms with Crippen LogP contribution in [0.15, 0.2) is 113 Å². The number of rotatable bonds is 10. The number of methoxy groups -OCH3 is 1. The highest BCUT2D eigenvalue weighted by Gasteiger charge is 2.30. The van der Waals surface area contributed by atoms with E-state index in [-0.39, 0.29) is 34.8 Å². The summed E-state index contributed by atoms with van der Waals surface area (Å²) >= 11 is 0. The quantitative estimate of drug-likeness (QED) is 0.173. The molecule has 4 rings (SSSR count). The third kappa shape index (κ3) is 7.62. The summed E-state index contributed by atoms with van der Waals surface area (Å²) in [7, 11) is -2.40. The van der Waals surface area contributed by atoms with Gasteiger partial charge in [-0.2, -0.15) is 22.6 Å².